The van der Waals surface area contributed by atoms with E-state index in [2.05, 4.69) is 15.6 Å². The van der Waals surface area contributed by atoms with Crippen LogP contribution in [0.1, 0.15) is 49.1 Å². The molecule has 4 aliphatic rings. The number of amides is 1. The number of nitrogens with zero attached hydrogens (tertiary/aromatic N) is 3. The molecule has 6 heteroatoms. The second-order valence-electron chi connectivity index (χ2n) is 7.17. The molecule has 6 nitrogen and oxygen atoms in total. The molecule has 1 aromatic heterocycles. The van der Waals surface area contributed by atoms with Crippen molar-refractivity contribution in [1.82, 2.24) is 20.2 Å². The van der Waals surface area contributed by atoms with Crippen LogP contribution in [0.3, 0.4) is 0 Å². The van der Waals surface area contributed by atoms with Gasteiger partial charge in [-0.3, -0.25) is 10.2 Å². The Kier molecular flexibility index (Phi) is 2.64. The number of nitrogens with two attached hydrogens (primary N) is 1. The van der Waals surface area contributed by atoms with Crippen LogP contribution in [0.15, 0.2) is 6.33 Å². The fourth-order valence-corrected chi connectivity index (χ4v) is 5.46. The van der Waals surface area contributed by atoms with Crippen molar-refractivity contribution in [2.45, 2.75) is 45.1 Å². The topological polar surface area (TPSA) is 85.8 Å². The molecular weight excluding hydrogens is 254 g/mol. The number of hydrazine groups is 1. The van der Waals surface area contributed by atoms with E-state index in [4.69, 9.17) is 5.84 Å². The molecule has 4 bridgehead atoms. The van der Waals surface area contributed by atoms with Gasteiger partial charge in [-0.1, -0.05) is 0 Å². The van der Waals surface area contributed by atoms with Crippen LogP contribution >= 0.6 is 0 Å². The first-order chi connectivity index (χ1) is 9.67. The third kappa shape index (κ3) is 1.85. The summed E-state index contributed by atoms with van der Waals surface area (Å²) in [5, 5.41) is 7.79. The zero-order valence-corrected chi connectivity index (χ0v) is 11.6. The van der Waals surface area contributed by atoms with E-state index in [0.717, 1.165) is 24.3 Å². The number of carbonyl (C=O) groups excluding carboxylic acids is 1. The molecule has 4 fully saturated rings. The van der Waals surface area contributed by atoms with Gasteiger partial charge >= 0.3 is 5.91 Å². The van der Waals surface area contributed by atoms with Crippen LogP contribution in [0.5, 0.6) is 0 Å². The molecule has 1 aromatic rings. The molecule has 108 valence electrons. The number of nitrogen functional groups attached to an aromatic ring is 1. The number of rotatable bonds is 3. The monoisotopic (exact) mass is 275 g/mol. The molecule has 3 N–H and O–H groups in total. The predicted octanol–water partition coefficient (Wildman–Crippen LogP) is 1.10. The minimum Gasteiger partial charge on any atom is -0.309 e. The summed E-state index contributed by atoms with van der Waals surface area (Å²) in [5.41, 5.74) is 2.52. The average Bonchev–Trinajstić information content (AvgIpc) is 2.83. The molecule has 0 radical (unpaired) electrons. The Morgan fingerprint density at radius 1 is 1.30 bits per heavy atom. The van der Waals surface area contributed by atoms with Crippen molar-refractivity contribution in [2.75, 3.05) is 0 Å². The molecule has 0 atom stereocenters. The first kappa shape index (κ1) is 12.3. The van der Waals surface area contributed by atoms with E-state index >= 15 is 0 Å². The number of nitrogens with one attached hydrogen (secondary N) is 1. The van der Waals surface area contributed by atoms with Crippen molar-refractivity contribution in [1.29, 1.82) is 0 Å². The van der Waals surface area contributed by atoms with Crippen molar-refractivity contribution < 1.29 is 4.79 Å². The molecule has 0 saturated heterocycles. The lowest BCUT2D eigenvalue weighted by Gasteiger charge is -2.57. The summed E-state index contributed by atoms with van der Waals surface area (Å²) in [4.78, 5) is 11.7. The highest BCUT2D eigenvalue weighted by atomic mass is 16.2. The van der Waals surface area contributed by atoms with Gasteiger partial charge in [0.05, 0.1) is 0 Å². The van der Waals surface area contributed by atoms with Crippen molar-refractivity contribution in [3.05, 3.63) is 12.2 Å². The highest BCUT2D eigenvalue weighted by Gasteiger charge is 2.51. The van der Waals surface area contributed by atoms with Crippen LogP contribution in [-0.2, 0) is 6.54 Å². The van der Waals surface area contributed by atoms with Gasteiger partial charge in [0, 0.05) is 6.54 Å². The lowest BCUT2D eigenvalue weighted by Crippen LogP contribution is -2.48. The highest BCUT2D eigenvalue weighted by Crippen LogP contribution is 2.60. The lowest BCUT2D eigenvalue weighted by atomic mass is 9.49. The van der Waals surface area contributed by atoms with Gasteiger partial charge in [-0.2, -0.15) is 0 Å². The minimum atomic E-state index is -0.354. The molecule has 0 aliphatic heterocycles. The number of hydrogen-bond acceptors (Lipinski definition) is 4. The molecule has 0 unspecified atom stereocenters. The summed E-state index contributed by atoms with van der Waals surface area (Å²) < 4.78 is 1.90. The fraction of sp³-hybridized carbons (Fsp3) is 0.786. The van der Waals surface area contributed by atoms with Crippen molar-refractivity contribution in [3.63, 3.8) is 0 Å². The molecule has 5 rings (SSSR count). The van der Waals surface area contributed by atoms with Gasteiger partial charge in [-0.05, 0) is 61.7 Å². The van der Waals surface area contributed by atoms with Gasteiger partial charge in [0.15, 0.2) is 0 Å². The second kappa shape index (κ2) is 4.28. The van der Waals surface area contributed by atoms with Crippen LogP contribution in [0, 0.1) is 23.2 Å². The van der Waals surface area contributed by atoms with E-state index < -0.39 is 0 Å². The normalized spacial score (nSPS) is 38.1. The van der Waals surface area contributed by atoms with Crippen molar-refractivity contribution in [2.24, 2.45) is 29.0 Å². The number of hydrogen-bond donors (Lipinski definition) is 2. The minimum absolute atomic E-state index is 0.336. The van der Waals surface area contributed by atoms with Crippen LogP contribution in [0.25, 0.3) is 0 Å². The van der Waals surface area contributed by atoms with Gasteiger partial charge in [0.1, 0.15) is 6.33 Å². The van der Waals surface area contributed by atoms with E-state index in [9.17, 15) is 4.79 Å². The first-order valence-electron chi connectivity index (χ1n) is 7.56. The van der Waals surface area contributed by atoms with E-state index in [1.807, 2.05) is 4.57 Å². The molecular formula is C14H21N5O. The lowest BCUT2D eigenvalue weighted by molar-refractivity contribution is -0.0621. The summed E-state index contributed by atoms with van der Waals surface area (Å²) in [7, 11) is 0. The Morgan fingerprint density at radius 3 is 2.45 bits per heavy atom. The van der Waals surface area contributed by atoms with Gasteiger partial charge in [-0.25, -0.2) is 5.84 Å². The Bertz CT molecular complexity index is 502. The number of carbonyl (C=O) groups is 1. The molecule has 20 heavy (non-hydrogen) atoms. The Labute approximate surface area is 118 Å². The van der Waals surface area contributed by atoms with E-state index in [1.165, 1.54) is 38.5 Å². The summed E-state index contributed by atoms with van der Waals surface area (Å²) in [6.07, 6.45) is 9.87. The van der Waals surface area contributed by atoms with Crippen LogP contribution in [0.4, 0.5) is 0 Å². The summed E-state index contributed by atoms with van der Waals surface area (Å²) in [5.74, 6) is 7.92. The third-order valence-corrected chi connectivity index (χ3v) is 5.62. The Morgan fingerprint density at radius 2 is 1.90 bits per heavy atom. The van der Waals surface area contributed by atoms with Gasteiger partial charge < -0.3 is 4.57 Å². The van der Waals surface area contributed by atoms with E-state index in [1.54, 1.807) is 6.33 Å². The Hall–Kier alpha value is -1.43. The average molecular weight is 275 g/mol. The highest BCUT2D eigenvalue weighted by molar-refractivity contribution is 5.90. The van der Waals surface area contributed by atoms with Crippen LogP contribution in [-0.4, -0.2) is 20.7 Å². The summed E-state index contributed by atoms with van der Waals surface area (Å²) >= 11 is 0. The molecule has 4 aliphatic carbocycles. The zero-order chi connectivity index (χ0) is 13.7. The molecule has 1 heterocycles. The largest absolute Gasteiger partial charge is 0.309 e. The maximum absolute atomic E-state index is 11.7. The molecule has 4 saturated carbocycles. The molecule has 0 spiro atoms. The SMILES string of the molecule is NNC(=O)c1nncn1CC12CC3CC(CC(C3)C1)C2. The first-order valence-corrected chi connectivity index (χ1v) is 7.56. The van der Waals surface area contributed by atoms with Gasteiger partial charge in [-0.15, -0.1) is 10.2 Å². The Balaban J connectivity index is 1.60. The maximum atomic E-state index is 11.7. The predicted molar refractivity (Wildman–Crippen MR) is 72.3 cm³/mol. The van der Waals surface area contributed by atoms with Gasteiger partial charge in [0.2, 0.25) is 5.82 Å². The fourth-order valence-electron chi connectivity index (χ4n) is 5.46. The quantitative estimate of drug-likeness (QED) is 0.491. The number of aromatic nitrogens is 3. The summed E-state index contributed by atoms with van der Waals surface area (Å²) in [6, 6.07) is 0. The van der Waals surface area contributed by atoms with Gasteiger partial charge in [0.25, 0.3) is 0 Å². The van der Waals surface area contributed by atoms with Crippen molar-refractivity contribution in [3.8, 4) is 0 Å². The molecule has 0 aromatic carbocycles. The van der Waals surface area contributed by atoms with Crippen LogP contribution < -0.4 is 11.3 Å². The standard InChI is InChI=1S/C14H21N5O/c15-17-13(20)12-18-16-8-19(12)7-14-4-9-1-10(5-14)3-11(2-9)6-14/h8-11H,1-7,15H2,(H,17,20). The maximum Gasteiger partial charge on any atom is 0.303 e. The molecule has 1 amide bonds. The summed E-state index contributed by atoms with van der Waals surface area (Å²) in [6.45, 7) is 0.867. The van der Waals surface area contributed by atoms with E-state index in [-0.39, 0.29) is 5.91 Å². The van der Waals surface area contributed by atoms with Crippen molar-refractivity contribution >= 4 is 5.91 Å². The second-order valence-corrected chi connectivity index (χ2v) is 7.17. The third-order valence-electron chi connectivity index (χ3n) is 5.62. The zero-order valence-electron chi connectivity index (χ0n) is 11.6. The van der Waals surface area contributed by atoms with Crippen LogP contribution in [0.2, 0.25) is 0 Å². The smallest absolute Gasteiger partial charge is 0.303 e. The van der Waals surface area contributed by atoms with E-state index in [0.29, 0.717) is 11.2 Å².